The monoisotopic (exact) mass is 218 g/mol. The third-order valence-corrected chi connectivity index (χ3v) is 2.53. The third-order valence-electron chi connectivity index (χ3n) is 2.53. The van der Waals surface area contributed by atoms with E-state index in [1.54, 1.807) is 7.11 Å². The average Bonchev–Trinajstić information content (AvgIpc) is 2.29. The molecule has 1 unspecified atom stereocenters. The van der Waals surface area contributed by atoms with E-state index in [9.17, 15) is 0 Å². The fourth-order valence-electron chi connectivity index (χ4n) is 1.62. The molecule has 2 nitrogen and oxygen atoms in total. The van der Waals surface area contributed by atoms with Crippen molar-refractivity contribution >= 4 is 0 Å². The molecule has 0 aromatic heterocycles. The van der Waals surface area contributed by atoms with Gasteiger partial charge in [-0.1, -0.05) is 12.0 Å². The topological polar surface area (TPSA) is 18.5 Å². The number of terminal acetylenes is 1. The Labute approximate surface area is 97.6 Å². The summed E-state index contributed by atoms with van der Waals surface area (Å²) in [5, 5.41) is 0. The number of ether oxygens (including phenoxy) is 2. The van der Waals surface area contributed by atoms with Gasteiger partial charge in [0.2, 0.25) is 0 Å². The van der Waals surface area contributed by atoms with Gasteiger partial charge in [0, 0.05) is 12.7 Å². The van der Waals surface area contributed by atoms with Gasteiger partial charge in [-0.2, -0.15) is 0 Å². The van der Waals surface area contributed by atoms with Crippen LogP contribution in [0.25, 0.3) is 0 Å². The molecule has 0 saturated heterocycles. The second-order valence-electron chi connectivity index (χ2n) is 3.72. The summed E-state index contributed by atoms with van der Waals surface area (Å²) in [6.07, 6.45) is 5.42. The molecular formula is C14H18O2. The van der Waals surface area contributed by atoms with E-state index >= 15 is 0 Å². The maximum Gasteiger partial charge on any atom is 0.0800 e. The predicted octanol–water partition coefficient (Wildman–Crippen LogP) is 2.70. The summed E-state index contributed by atoms with van der Waals surface area (Å²) in [7, 11) is 1.67. The highest BCUT2D eigenvalue weighted by molar-refractivity contribution is 5.39. The number of methoxy groups -OCH3 is 1. The molecule has 1 aromatic rings. The maximum absolute atomic E-state index is 5.65. The lowest BCUT2D eigenvalue weighted by atomic mass is 10.0. The van der Waals surface area contributed by atoms with Crippen LogP contribution < -0.4 is 0 Å². The van der Waals surface area contributed by atoms with Crippen LogP contribution in [0.5, 0.6) is 0 Å². The minimum Gasteiger partial charge on any atom is -0.382 e. The summed E-state index contributed by atoms with van der Waals surface area (Å²) in [5.41, 5.74) is 3.25. The summed E-state index contributed by atoms with van der Waals surface area (Å²) >= 11 is 0. The number of hydrogen-bond acceptors (Lipinski definition) is 2. The summed E-state index contributed by atoms with van der Waals surface area (Å²) in [5.74, 6) is 2.63. The highest BCUT2D eigenvalue weighted by Crippen LogP contribution is 2.21. The Morgan fingerprint density at radius 2 is 2.12 bits per heavy atom. The van der Waals surface area contributed by atoms with Gasteiger partial charge < -0.3 is 9.47 Å². The highest BCUT2D eigenvalue weighted by Gasteiger charge is 2.08. The summed E-state index contributed by atoms with van der Waals surface area (Å²) in [4.78, 5) is 0. The second kappa shape index (κ2) is 6.32. The summed E-state index contributed by atoms with van der Waals surface area (Å²) in [6.45, 7) is 5.31. The molecule has 2 heteroatoms. The fraction of sp³-hybridized carbons (Fsp3) is 0.429. The lowest BCUT2D eigenvalue weighted by Gasteiger charge is -2.15. The van der Waals surface area contributed by atoms with E-state index in [2.05, 4.69) is 5.92 Å². The van der Waals surface area contributed by atoms with Crippen LogP contribution in [0.3, 0.4) is 0 Å². The Hall–Kier alpha value is -1.30. The molecule has 1 atom stereocenters. The first-order valence-electron chi connectivity index (χ1n) is 5.36. The van der Waals surface area contributed by atoms with E-state index in [1.807, 2.05) is 32.0 Å². The van der Waals surface area contributed by atoms with E-state index in [-0.39, 0.29) is 6.10 Å². The molecule has 1 rings (SSSR count). The van der Waals surface area contributed by atoms with Crippen LogP contribution >= 0.6 is 0 Å². The molecule has 0 aliphatic heterocycles. The van der Waals surface area contributed by atoms with Gasteiger partial charge in [-0.05, 0) is 37.1 Å². The van der Waals surface area contributed by atoms with Gasteiger partial charge in [0.1, 0.15) is 0 Å². The van der Waals surface area contributed by atoms with Crippen molar-refractivity contribution in [2.45, 2.75) is 20.0 Å². The van der Waals surface area contributed by atoms with Crippen molar-refractivity contribution in [3.8, 4) is 12.3 Å². The van der Waals surface area contributed by atoms with Crippen LogP contribution in [0, 0.1) is 19.3 Å². The van der Waals surface area contributed by atoms with Crippen LogP contribution in [0.1, 0.15) is 29.7 Å². The molecule has 0 saturated carbocycles. The zero-order valence-corrected chi connectivity index (χ0v) is 10.1. The van der Waals surface area contributed by atoms with Crippen LogP contribution in [0.4, 0.5) is 0 Å². The number of benzene rings is 1. The molecular weight excluding hydrogens is 200 g/mol. The molecule has 0 fully saturated rings. The SMILES string of the molecule is C#Cc1ccc(C(C)OCCOC)c(C)c1. The fourth-order valence-corrected chi connectivity index (χ4v) is 1.62. The Morgan fingerprint density at radius 1 is 1.38 bits per heavy atom. The second-order valence-corrected chi connectivity index (χ2v) is 3.72. The highest BCUT2D eigenvalue weighted by atomic mass is 16.5. The van der Waals surface area contributed by atoms with Crippen LogP contribution in [-0.4, -0.2) is 20.3 Å². The van der Waals surface area contributed by atoms with Gasteiger partial charge in [-0.15, -0.1) is 6.42 Å². The van der Waals surface area contributed by atoms with Gasteiger partial charge in [-0.25, -0.2) is 0 Å². The van der Waals surface area contributed by atoms with Crippen molar-refractivity contribution in [2.75, 3.05) is 20.3 Å². The van der Waals surface area contributed by atoms with Crippen LogP contribution in [-0.2, 0) is 9.47 Å². The van der Waals surface area contributed by atoms with Crippen molar-refractivity contribution in [1.82, 2.24) is 0 Å². The summed E-state index contributed by atoms with van der Waals surface area (Å²) in [6, 6.07) is 5.98. The number of hydrogen-bond donors (Lipinski definition) is 0. The molecule has 0 bridgehead atoms. The van der Waals surface area contributed by atoms with E-state index in [0.29, 0.717) is 13.2 Å². The molecule has 1 aromatic carbocycles. The first kappa shape index (κ1) is 12.8. The van der Waals surface area contributed by atoms with Gasteiger partial charge in [-0.3, -0.25) is 0 Å². The molecule has 0 amide bonds. The van der Waals surface area contributed by atoms with Crippen molar-refractivity contribution in [3.63, 3.8) is 0 Å². The van der Waals surface area contributed by atoms with Crippen molar-refractivity contribution in [3.05, 3.63) is 34.9 Å². The van der Waals surface area contributed by atoms with E-state index in [4.69, 9.17) is 15.9 Å². The minimum atomic E-state index is 0.0713. The van der Waals surface area contributed by atoms with Crippen molar-refractivity contribution in [2.24, 2.45) is 0 Å². The maximum atomic E-state index is 5.65. The third kappa shape index (κ3) is 3.37. The first-order chi connectivity index (χ1) is 7.69. The predicted molar refractivity (Wildman–Crippen MR) is 65.4 cm³/mol. The first-order valence-corrected chi connectivity index (χ1v) is 5.36. The molecule has 0 aliphatic rings. The average molecular weight is 218 g/mol. The smallest absolute Gasteiger partial charge is 0.0800 e. The molecule has 16 heavy (non-hydrogen) atoms. The molecule has 0 radical (unpaired) electrons. The standard InChI is InChI=1S/C14H18O2/c1-5-13-6-7-14(11(2)10-13)12(3)16-9-8-15-4/h1,6-7,10,12H,8-9H2,2-4H3. The van der Waals surface area contributed by atoms with Gasteiger partial charge in [0.05, 0.1) is 19.3 Å². The minimum absolute atomic E-state index is 0.0713. The van der Waals surface area contributed by atoms with Crippen molar-refractivity contribution in [1.29, 1.82) is 0 Å². The number of rotatable bonds is 5. The molecule has 0 spiro atoms. The van der Waals surface area contributed by atoms with Gasteiger partial charge in [0.15, 0.2) is 0 Å². The van der Waals surface area contributed by atoms with E-state index in [0.717, 1.165) is 5.56 Å². The zero-order valence-electron chi connectivity index (χ0n) is 10.1. The van der Waals surface area contributed by atoms with Crippen molar-refractivity contribution < 1.29 is 9.47 Å². The van der Waals surface area contributed by atoms with Crippen LogP contribution in [0.2, 0.25) is 0 Å². The quantitative estimate of drug-likeness (QED) is 0.559. The summed E-state index contributed by atoms with van der Waals surface area (Å²) < 4.78 is 10.6. The Kier molecular flexibility index (Phi) is 5.04. The Bertz CT molecular complexity index is 377. The molecule has 0 heterocycles. The molecule has 86 valence electrons. The van der Waals surface area contributed by atoms with Crippen LogP contribution in [0.15, 0.2) is 18.2 Å². The normalized spacial score (nSPS) is 12.1. The Balaban J connectivity index is 2.69. The van der Waals surface area contributed by atoms with Gasteiger partial charge >= 0.3 is 0 Å². The molecule has 0 N–H and O–H groups in total. The Morgan fingerprint density at radius 3 is 2.69 bits per heavy atom. The van der Waals surface area contributed by atoms with E-state index < -0.39 is 0 Å². The molecule has 0 aliphatic carbocycles. The lowest BCUT2D eigenvalue weighted by Crippen LogP contribution is -2.07. The number of aryl methyl sites for hydroxylation is 1. The largest absolute Gasteiger partial charge is 0.382 e. The van der Waals surface area contributed by atoms with Gasteiger partial charge in [0.25, 0.3) is 0 Å². The van der Waals surface area contributed by atoms with E-state index in [1.165, 1.54) is 11.1 Å². The lowest BCUT2D eigenvalue weighted by molar-refractivity contribution is 0.0253. The zero-order chi connectivity index (χ0) is 12.0.